The molecular weight excluding hydrogens is 341 g/mol. The van der Waals surface area contributed by atoms with Crippen LogP contribution in [0.3, 0.4) is 0 Å². The smallest absolute Gasteiger partial charge is 0.265 e. The predicted octanol–water partition coefficient (Wildman–Crippen LogP) is 2.31. The maximum atomic E-state index is 12.2. The molecule has 10 heteroatoms. The lowest BCUT2D eigenvalue weighted by atomic mass is 10.3. The minimum absolute atomic E-state index is 0.0462. The maximum absolute atomic E-state index is 12.2. The van der Waals surface area contributed by atoms with Gasteiger partial charge in [-0.05, 0) is 11.6 Å². The summed E-state index contributed by atoms with van der Waals surface area (Å²) in [5.74, 6) is 0.863. The number of hydrogen-bond acceptors (Lipinski definition) is 6. The van der Waals surface area contributed by atoms with E-state index in [4.69, 9.17) is 32.7 Å². The molecule has 21 heavy (non-hydrogen) atoms. The maximum Gasteiger partial charge on any atom is 0.265 e. The Morgan fingerprint density at radius 3 is 2.38 bits per heavy atom. The number of fused-ring (bicyclic) bond motifs is 1. The highest BCUT2D eigenvalue weighted by molar-refractivity contribution is 7.92. The number of nitrogens with one attached hydrogen (secondary N) is 1. The minimum Gasteiger partial charge on any atom is -0.454 e. The molecule has 0 unspecified atom stereocenters. The molecule has 1 aliphatic heterocycles. The highest BCUT2D eigenvalue weighted by atomic mass is 35.5. The number of sulfonamides is 1. The summed E-state index contributed by atoms with van der Waals surface area (Å²) in [6.45, 7) is 0.0624. The SMILES string of the molecule is O=S(=O)(Nc1cc2c(cc1Cl)OCO2)c1cnc(Cl)nc1. The van der Waals surface area contributed by atoms with Gasteiger partial charge in [-0.1, -0.05) is 11.6 Å². The van der Waals surface area contributed by atoms with Gasteiger partial charge in [0.25, 0.3) is 10.0 Å². The first kappa shape index (κ1) is 14.2. The molecule has 110 valence electrons. The topological polar surface area (TPSA) is 90.4 Å². The van der Waals surface area contributed by atoms with Gasteiger partial charge in [0.15, 0.2) is 11.5 Å². The molecule has 0 atom stereocenters. The Bertz CT molecular complexity index is 796. The van der Waals surface area contributed by atoms with Gasteiger partial charge < -0.3 is 9.47 Å². The molecule has 1 aromatic heterocycles. The van der Waals surface area contributed by atoms with Crippen LogP contribution in [0, 0.1) is 0 Å². The molecule has 0 amide bonds. The van der Waals surface area contributed by atoms with Gasteiger partial charge in [-0.15, -0.1) is 0 Å². The fourth-order valence-electron chi connectivity index (χ4n) is 1.64. The first-order valence-electron chi connectivity index (χ1n) is 5.55. The molecule has 0 spiro atoms. The van der Waals surface area contributed by atoms with Gasteiger partial charge in [-0.25, -0.2) is 18.4 Å². The van der Waals surface area contributed by atoms with Crippen molar-refractivity contribution in [1.82, 2.24) is 9.97 Å². The van der Waals surface area contributed by atoms with Gasteiger partial charge in [-0.3, -0.25) is 4.72 Å². The third-order valence-electron chi connectivity index (χ3n) is 2.61. The molecule has 1 aromatic carbocycles. The van der Waals surface area contributed by atoms with Crippen LogP contribution in [-0.4, -0.2) is 25.2 Å². The fourth-order valence-corrected chi connectivity index (χ4v) is 2.95. The quantitative estimate of drug-likeness (QED) is 0.856. The monoisotopic (exact) mass is 347 g/mol. The first-order valence-corrected chi connectivity index (χ1v) is 7.79. The van der Waals surface area contributed by atoms with Gasteiger partial charge in [-0.2, -0.15) is 0 Å². The number of hydrogen-bond donors (Lipinski definition) is 1. The van der Waals surface area contributed by atoms with Crippen molar-refractivity contribution < 1.29 is 17.9 Å². The second kappa shape index (κ2) is 5.21. The Morgan fingerprint density at radius 1 is 1.10 bits per heavy atom. The van der Waals surface area contributed by atoms with E-state index in [0.717, 1.165) is 12.4 Å². The summed E-state index contributed by atoms with van der Waals surface area (Å²) in [6, 6.07) is 2.92. The van der Waals surface area contributed by atoms with Crippen LogP contribution in [-0.2, 0) is 10.0 Å². The largest absolute Gasteiger partial charge is 0.454 e. The summed E-state index contributed by atoms with van der Waals surface area (Å²) in [6.07, 6.45) is 2.19. The Morgan fingerprint density at radius 2 is 1.71 bits per heavy atom. The molecule has 1 N–H and O–H groups in total. The van der Waals surface area contributed by atoms with E-state index in [1.54, 1.807) is 0 Å². The molecular formula is C11H7Cl2N3O4S. The molecule has 0 radical (unpaired) electrons. The van der Waals surface area contributed by atoms with Crippen LogP contribution in [0.2, 0.25) is 10.3 Å². The summed E-state index contributed by atoms with van der Waals surface area (Å²) >= 11 is 11.5. The number of halogens is 2. The van der Waals surface area contributed by atoms with E-state index < -0.39 is 10.0 Å². The van der Waals surface area contributed by atoms with Gasteiger partial charge in [0, 0.05) is 12.1 Å². The van der Waals surface area contributed by atoms with Gasteiger partial charge in [0.05, 0.1) is 23.1 Å². The Kier molecular flexibility index (Phi) is 3.52. The molecule has 0 bridgehead atoms. The van der Waals surface area contributed by atoms with Crippen LogP contribution >= 0.6 is 23.2 Å². The van der Waals surface area contributed by atoms with Gasteiger partial charge >= 0.3 is 0 Å². The summed E-state index contributed by atoms with van der Waals surface area (Å²) in [5.41, 5.74) is 0.163. The number of aromatic nitrogens is 2. The second-order valence-corrected chi connectivity index (χ2v) is 6.41. The zero-order chi connectivity index (χ0) is 15.0. The predicted molar refractivity (Wildman–Crippen MR) is 75.4 cm³/mol. The van der Waals surface area contributed by atoms with Crippen molar-refractivity contribution in [3.8, 4) is 11.5 Å². The van der Waals surface area contributed by atoms with Crippen molar-refractivity contribution in [3.63, 3.8) is 0 Å². The zero-order valence-electron chi connectivity index (χ0n) is 10.2. The van der Waals surface area contributed by atoms with E-state index in [2.05, 4.69) is 14.7 Å². The standard InChI is InChI=1S/C11H7Cl2N3O4S/c12-7-1-9-10(20-5-19-9)2-8(7)16-21(17,18)6-3-14-11(13)15-4-6/h1-4,16H,5H2. The Hall–Kier alpha value is -1.77. The fraction of sp³-hybridized carbons (Fsp3) is 0.0909. The van der Waals surface area contributed by atoms with Gasteiger partial charge in [0.2, 0.25) is 12.1 Å². The molecule has 0 fully saturated rings. The third-order valence-corrected chi connectivity index (χ3v) is 4.44. The lowest BCUT2D eigenvalue weighted by Gasteiger charge is -2.10. The van der Waals surface area contributed by atoms with E-state index in [1.807, 2.05) is 0 Å². The molecule has 2 heterocycles. The van der Waals surface area contributed by atoms with Crippen molar-refractivity contribution in [2.45, 2.75) is 4.90 Å². The number of benzene rings is 1. The molecule has 1 aliphatic rings. The summed E-state index contributed by atoms with van der Waals surface area (Å²) in [7, 11) is -3.88. The number of rotatable bonds is 3. The summed E-state index contributed by atoms with van der Waals surface area (Å²) in [5, 5.41) is 0.132. The molecule has 3 rings (SSSR count). The van der Waals surface area contributed by atoms with Crippen LogP contribution < -0.4 is 14.2 Å². The van der Waals surface area contributed by atoms with E-state index in [1.165, 1.54) is 12.1 Å². The molecule has 0 saturated heterocycles. The molecule has 7 nitrogen and oxygen atoms in total. The normalized spacial score (nSPS) is 13.2. The van der Waals surface area contributed by atoms with Crippen molar-refractivity contribution in [2.75, 3.05) is 11.5 Å². The number of anilines is 1. The van der Waals surface area contributed by atoms with Crippen molar-refractivity contribution in [2.24, 2.45) is 0 Å². The van der Waals surface area contributed by atoms with Crippen LogP contribution in [0.15, 0.2) is 29.4 Å². The van der Waals surface area contributed by atoms with E-state index in [-0.39, 0.29) is 27.7 Å². The summed E-state index contributed by atoms with van der Waals surface area (Å²) < 4.78 is 37.1. The lowest BCUT2D eigenvalue weighted by Crippen LogP contribution is -2.14. The van der Waals surface area contributed by atoms with Gasteiger partial charge in [0.1, 0.15) is 4.90 Å². The average Bonchev–Trinajstić information content (AvgIpc) is 2.86. The first-order chi connectivity index (χ1) is 9.95. The van der Waals surface area contributed by atoms with Crippen LogP contribution in [0.5, 0.6) is 11.5 Å². The summed E-state index contributed by atoms with van der Waals surface area (Å²) in [4.78, 5) is 7.11. The van der Waals surface area contributed by atoms with Crippen molar-refractivity contribution in [3.05, 3.63) is 34.8 Å². The minimum atomic E-state index is -3.88. The van der Waals surface area contributed by atoms with E-state index in [9.17, 15) is 8.42 Å². The third kappa shape index (κ3) is 2.82. The molecule has 0 aliphatic carbocycles. The van der Waals surface area contributed by atoms with Crippen LogP contribution in [0.25, 0.3) is 0 Å². The Labute approximate surface area is 129 Å². The van der Waals surface area contributed by atoms with E-state index >= 15 is 0 Å². The average molecular weight is 348 g/mol. The van der Waals surface area contributed by atoms with Crippen LogP contribution in [0.4, 0.5) is 5.69 Å². The van der Waals surface area contributed by atoms with E-state index in [0.29, 0.717) is 11.5 Å². The lowest BCUT2D eigenvalue weighted by molar-refractivity contribution is 0.174. The zero-order valence-corrected chi connectivity index (χ0v) is 12.5. The highest BCUT2D eigenvalue weighted by Crippen LogP contribution is 2.39. The van der Waals surface area contributed by atoms with Crippen molar-refractivity contribution >= 4 is 38.9 Å². The molecule has 0 saturated carbocycles. The second-order valence-electron chi connectivity index (χ2n) is 3.98. The number of ether oxygens (including phenoxy) is 2. The number of nitrogens with zero attached hydrogens (tertiary/aromatic N) is 2. The van der Waals surface area contributed by atoms with Crippen LogP contribution in [0.1, 0.15) is 0 Å². The van der Waals surface area contributed by atoms with Crippen molar-refractivity contribution in [1.29, 1.82) is 0 Å². The molecule has 2 aromatic rings. The highest BCUT2D eigenvalue weighted by Gasteiger charge is 2.21. The Balaban J connectivity index is 1.94.